The standard InChI is InChI=1S/C6H13NO4S/c1-6(2-3-8,5(7)9)4-12(10)11/h8H,2-4H2,1H3,(H2,7,9)(H,10,11). The first-order valence-electron chi connectivity index (χ1n) is 3.40. The van der Waals surface area contributed by atoms with Crippen molar-refractivity contribution >= 4 is 17.0 Å². The van der Waals surface area contributed by atoms with E-state index in [4.69, 9.17) is 15.4 Å². The lowest BCUT2D eigenvalue weighted by molar-refractivity contribution is -0.126. The zero-order chi connectivity index (χ0) is 9.78. The van der Waals surface area contributed by atoms with E-state index in [0.717, 1.165) is 0 Å². The van der Waals surface area contributed by atoms with Gasteiger partial charge in [-0.15, -0.1) is 0 Å². The normalized spacial score (nSPS) is 18.2. The Morgan fingerprint density at radius 1 is 1.67 bits per heavy atom. The van der Waals surface area contributed by atoms with E-state index in [9.17, 15) is 9.00 Å². The fourth-order valence-corrected chi connectivity index (χ4v) is 1.62. The quantitative estimate of drug-likeness (QED) is 0.494. The van der Waals surface area contributed by atoms with Crippen molar-refractivity contribution in [1.29, 1.82) is 0 Å². The second-order valence-corrected chi connectivity index (χ2v) is 3.80. The molecule has 0 heterocycles. The number of carbonyl (C=O) groups is 1. The van der Waals surface area contributed by atoms with Crippen molar-refractivity contribution in [3.8, 4) is 0 Å². The van der Waals surface area contributed by atoms with Crippen LogP contribution in [0.15, 0.2) is 0 Å². The summed E-state index contributed by atoms with van der Waals surface area (Å²) in [6.45, 7) is 1.23. The third-order valence-electron chi connectivity index (χ3n) is 1.70. The van der Waals surface area contributed by atoms with Gasteiger partial charge in [-0.1, -0.05) is 0 Å². The minimum atomic E-state index is -2.07. The molecule has 0 aliphatic rings. The van der Waals surface area contributed by atoms with E-state index in [2.05, 4.69) is 0 Å². The Balaban J connectivity index is 4.38. The Morgan fingerprint density at radius 2 is 2.17 bits per heavy atom. The maximum Gasteiger partial charge on any atom is 0.224 e. The van der Waals surface area contributed by atoms with Crippen LogP contribution in [0.4, 0.5) is 0 Å². The highest BCUT2D eigenvalue weighted by molar-refractivity contribution is 7.79. The molecule has 1 amide bonds. The van der Waals surface area contributed by atoms with Crippen molar-refractivity contribution in [3.63, 3.8) is 0 Å². The van der Waals surface area contributed by atoms with Crippen molar-refractivity contribution in [3.05, 3.63) is 0 Å². The highest BCUT2D eigenvalue weighted by atomic mass is 32.2. The second-order valence-electron chi connectivity index (χ2n) is 2.86. The Kier molecular flexibility index (Phi) is 4.36. The summed E-state index contributed by atoms with van der Waals surface area (Å²) in [7, 11) is 0. The van der Waals surface area contributed by atoms with E-state index in [1.165, 1.54) is 6.92 Å². The van der Waals surface area contributed by atoms with Crippen molar-refractivity contribution in [1.82, 2.24) is 0 Å². The summed E-state index contributed by atoms with van der Waals surface area (Å²) in [5.41, 5.74) is 3.92. The summed E-state index contributed by atoms with van der Waals surface area (Å²) < 4.78 is 19.0. The first-order valence-corrected chi connectivity index (χ1v) is 4.68. The second kappa shape index (κ2) is 4.54. The summed E-state index contributed by atoms with van der Waals surface area (Å²) in [6.07, 6.45) is 0.106. The lowest BCUT2D eigenvalue weighted by Gasteiger charge is -2.22. The molecule has 0 saturated carbocycles. The van der Waals surface area contributed by atoms with Crippen LogP contribution in [0.3, 0.4) is 0 Å². The highest BCUT2D eigenvalue weighted by Gasteiger charge is 2.32. The number of aliphatic hydroxyl groups is 1. The van der Waals surface area contributed by atoms with Gasteiger partial charge in [0.25, 0.3) is 0 Å². The zero-order valence-corrected chi connectivity index (χ0v) is 7.63. The van der Waals surface area contributed by atoms with E-state index in [0.29, 0.717) is 0 Å². The summed E-state index contributed by atoms with van der Waals surface area (Å²) >= 11 is -2.07. The van der Waals surface area contributed by atoms with Gasteiger partial charge in [-0.3, -0.25) is 4.79 Å². The van der Waals surface area contributed by atoms with Crippen molar-refractivity contribution in [2.24, 2.45) is 11.1 Å². The van der Waals surface area contributed by atoms with Crippen LogP contribution in [0.2, 0.25) is 0 Å². The number of amides is 1. The fraction of sp³-hybridized carbons (Fsp3) is 0.833. The third kappa shape index (κ3) is 3.29. The largest absolute Gasteiger partial charge is 0.396 e. The predicted octanol–water partition coefficient (Wildman–Crippen LogP) is -0.918. The average Bonchev–Trinajstić information content (AvgIpc) is 1.85. The molecule has 0 bridgehead atoms. The minimum Gasteiger partial charge on any atom is -0.396 e. The minimum absolute atomic E-state index is 0.106. The molecular weight excluding hydrogens is 182 g/mol. The SMILES string of the molecule is CC(CCO)(CS(=O)O)C(N)=O. The fourth-order valence-electron chi connectivity index (χ4n) is 0.786. The lowest BCUT2D eigenvalue weighted by Crippen LogP contribution is -2.39. The van der Waals surface area contributed by atoms with Crippen LogP contribution in [0.5, 0.6) is 0 Å². The first kappa shape index (κ1) is 11.5. The Morgan fingerprint density at radius 3 is 2.42 bits per heavy atom. The number of primary amides is 1. The molecule has 5 nitrogen and oxygen atoms in total. The molecule has 0 fully saturated rings. The monoisotopic (exact) mass is 195 g/mol. The molecule has 0 spiro atoms. The van der Waals surface area contributed by atoms with E-state index >= 15 is 0 Å². The van der Waals surface area contributed by atoms with Gasteiger partial charge in [0.2, 0.25) is 5.91 Å². The van der Waals surface area contributed by atoms with Crippen LogP contribution in [0.1, 0.15) is 13.3 Å². The average molecular weight is 195 g/mol. The molecule has 0 aliphatic heterocycles. The molecule has 0 radical (unpaired) electrons. The molecule has 0 rings (SSSR count). The third-order valence-corrected chi connectivity index (χ3v) is 2.58. The molecule has 0 aromatic carbocycles. The maximum absolute atomic E-state index is 10.8. The van der Waals surface area contributed by atoms with E-state index < -0.39 is 22.4 Å². The molecule has 4 N–H and O–H groups in total. The van der Waals surface area contributed by atoms with Crippen molar-refractivity contribution < 1.29 is 18.7 Å². The van der Waals surface area contributed by atoms with Gasteiger partial charge in [0.1, 0.15) is 0 Å². The van der Waals surface area contributed by atoms with Gasteiger partial charge in [0.15, 0.2) is 11.1 Å². The van der Waals surface area contributed by atoms with Crippen LogP contribution < -0.4 is 5.73 Å². The van der Waals surface area contributed by atoms with Crippen LogP contribution in [-0.4, -0.2) is 32.1 Å². The molecule has 0 aromatic heterocycles. The van der Waals surface area contributed by atoms with E-state index in [-0.39, 0.29) is 18.8 Å². The van der Waals surface area contributed by atoms with Crippen LogP contribution >= 0.6 is 0 Å². The van der Waals surface area contributed by atoms with Crippen molar-refractivity contribution in [2.45, 2.75) is 13.3 Å². The number of hydrogen-bond donors (Lipinski definition) is 3. The predicted molar refractivity (Wildman–Crippen MR) is 44.6 cm³/mol. The van der Waals surface area contributed by atoms with Crippen LogP contribution in [-0.2, 0) is 15.9 Å². The first-order chi connectivity index (χ1) is 5.42. The van der Waals surface area contributed by atoms with Gasteiger partial charge < -0.3 is 15.4 Å². The van der Waals surface area contributed by atoms with E-state index in [1.807, 2.05) is 0 Å². The molecule has 0 saturated heterocycles. The molecule has 72 valence electrons. The molecule has 2 unspecified atom stereocenters. The van der Waals surface area contributed by atoms with Crippen LogP contribution in [0.25, 0.3) is 0 Å². The van der Waals surface area contributed by atoms with E-state index in [1.54, 1.807) is 0 Å². The molecule has 6 heteroatoms. The number of aliphatic hydroxyl groups excluding tert-OH is 1. The Labute approximate surface area is 73.2 Å². The summed E-state index contributed by atoms with van der Waals surface area (Å²) in [4.78, 5) is 10.8. The van der Waals surface area contributed by atoms with Gasteiger partial charge in [0, 0.05) is 6.61 Å². The van der Waals surface area contributed by atoms with Crippen molar-refractivity contribution in [2.75, 3.05) is 12.4 Å². The molecule has 2 atom stereocenters. The Hall–Kier alpha value is -0.460. The topological polar surface area (TPSA) is 101 Å². The highest BCUT2D eigenvalue weighted by Crippen LogP contribution is 2.21. The van der Waals surface area contributed by atoms with Gasteiger partial charge in [0.05, 0.1) is 11.2 Å². The van der Waals surface area contributed by atoms with Gasteiger partial charge >= 0.3 is 0 Å². The number of carbonyl (C=O) groups excluding carboxylic acids is 1. The Bertz CT molecular complexity index is 196. The van der Waals surface area contributed by atoms with Gasteiger partial charge in [-0.25, -0.2) is 4.21 Å². The summed E-state index contributed by atoms with van der Waals surface area (Å²) in [6, 6.07) is 0. The van der Waals surface area contributed by atoms with Crippen LogP contribution in [0, 0.1) is 5.41 Å². The molecule has 0 aliphatic carbocycles. The number of nitrogens with two attached hydrogens (primary N) is 1. The van der Waals surface area contributed by atoms with Gasteiger partial charge in [-0.2, -0.15) is 0 Å². The maximum atomic E-state index is 10.8. The number of rotatable bonds is 5. The van der Waals surface area contributed by atoms with Gasteiger partial charge in [-0.05, 0) is 13.3 Å². The molecular formula is C6H13NO4S. The summed E-state index contributed by atoms with van der Waals surface area (Å²) in [5.74, 6) is -0.901. The lowest BCUT2D eigenvalue weighted by atomic mass is 9.89. The number of hydrogen-bond acceptors (Lipinski definition) is 3. The summed E-state index contributed by atoms with van der Waals surface area (Å²) in [5, 5.41) is 8.58. The molecule has 0 aromatic rings. The molecule has 12 heavy (non-hydrogen) atoms. The smallest absolute Gasteiger partial charge is 0.224 e. The zero-order valence-electron chi connectivity index (χ0n) is 6.82.